The molecule has 31 heavy (non-hydrogen) atoms. The molecule has 0 aromatic heterocycles. The molecule has 0 bridgehead atoms. The number of rotatable bonds is 25. The van der Waals surface area contributed by atoms with Gasteiger partial charge in [0, 0.05) is 0 Å². The Kier molecular flexibility index (Phi) is 26.7. The molecule has 0 amide bonds. The van der Waals surface area contributed by atoms with Crippen LogP contribution in [0.3, 0.4) is 0 Å². The van der Waals surface area contributed by atoms with Gasteiger partial charge < -0.3 is 9.47 Å². The van der Waals surface area contributed by atoms with Crippen molar-refractivity contribution in [3.05, 3.63) is 0 Å². The van der Waals surface area contributed by atoms with Crippen LogP contribution in [-0.2, 0) is 9.47 Å². The summed E-state index contributed by atoms with van der Waals surface area (Å²) in [5, 5.41) is 0. The van der Waals surface area contributed by atoms with E-state index in [1.165, 1.54) is 122 Å². The van der Waals surface area contributed by atoms with Gasteiger partial charge in [0.2, 0.25) is 0 Å². The molecule has 3 nitrogen and oxygen atoms in total. The molecule has 0 fully saturated rings. The van der Waals surface area contributed by atoms with E-state index in [9.17, 15) is 4.79 Å². The van der Waals surface area contributed by atoms with Gasteiger partial charge in [0.25, 0.3) is 0 Å². The van der Waals surface area contributed by atoms with E-state index in [0.717, 1.165) is 25.7 Å². The van der Waals surface area contributed by atoms with Gasteiger partial charge >= 0.3 is 6.16 Å². The highest BCUT2D eigenvalue weighted by atomic mass is 16.7. The lowest BCUT2D eigenvalue weighted by Gasteiger charge is -2.06. The lowest BCUT2D eigenvalue weighted by Crippen LogP contribution is -2.09. The molecule has 3 heteroatoms. The SMILES string of the molecule is CCCCCCCCCCCCCCCCCCOC(=O)OCCCCCCCCC. The van der Waals surface area contributed by atoms with Crippen LogP contribution >= 0.6 is 0 Å². The molecule has 0 aromatic rings. The number of hydrogen-bond donors (Lipinski definition) is 0. The lowest BCUT2D eigenvalue weighted by molar-refractivity contribution is 0.0529. The van der Waals surface area contributed by atoms with Gasteiger partial charge in [-0.2, -0.15) is 0 Å². The van der Waals surface area contributed by atoms with Crippen molar-refractivity contribution >= 4 is 6.16 Å². The molecule has 0 aromatic carbocycles. The summed E-state index contributed by atoms with van der Waals surface area (Å²) in [6.07, 6.45) is 29.8. The van der Waals surface area contributed by atoms with Gasteiger partial charge in [0.15, 0.2) is 0 Å². The molecular weight excluding hydrogens is 384 g/mol. The fraction of sp³-hybridized carbons (Fsp3) is 0.964. The maximum Gasteiger partial charge on any atom is 0.508 e. The van der Waals surface area contributed by atoms with Crippen LogP contribution in [0.1, 0.15) is 162 Å². The monoisotopic (exact) mass is 440 g/mol. The first-order valence-corrected chi connectivity index (χ1v) is 14.1. The van der Waals surface area contributed by atoms with Crippen molar-refractivity contribution in [2.24, 2.45) is 0 Å². The van der Waals surface area contributed by atoms with E-state index >= 15 is 0 Å². The van der Waals surface area contributed by atoms with Crippen LogP contribution in [0.25, 0.3) is 0 Å². The van der Waals surface area contributed by atoms with Gasteiger partial charge in [-0.05, 0) is 12.8 Å². The second kappa shape index (κ2) is 27.3. The molecule has 0 aliphatic rings. The molecule has 0 radical (unpaired) electrons. The first kappa shape index (κ1) is 30.3. The van der Waals surface area contributed by atoms with E-state index in [4.69, 9.17) is 9.47 Å². The zero-order valence-corrected chi connectivity index (χ0v) is 21.4. The smallest absolute Gasteiger partial charge is 0.434 e. The first-order chi connectivity index (χ1) is 15.3. The van der Waals surface area contributed by atoms with Crippen molar-refractivity contribution in [1.82, 2.24) is 0 Å². The summed E-state index contributed by atoms with van der Waals surface area (Å²) < 4.78 is 10.3. The second-order valence-electron chi connectivity index (χ2n) is 9.37. The Labute approximate surface area is 195 Å². The molecule has 0 unspecified atom stereocenters. The normalized spacial score (nSPS) is 11.0. The minimum Gasteiger partial charge on any atom is -0.434 e. The summed E-state index contributed by atoms with van der Waals surface area (Å²) in [5.74, 6) is 0. The van der Waals surface area contributed by atoms with E-state index in [2.05, 4.69) is 13.8 Å². The third-order valence-corrected chi connectivity index (χ3v) is 6.19. The molecule has 0 rings (SSSR count). The second-order valence-corrected chi connectivity index (χ2v) is 9.37. The molecule has 0 saturated heterocycles. The Morgan fingerprint density at radius 1 is 0.387 bits per heavy atom. The van der Waals surface area contributed by atoms with Crippen molar-refractivity contribution in [2.45, 2.75) is 162 Å². The van der Waals surface area contributed by atoms with Gasteiger partial charge in [-0.15, -0.1) is 0 Å². The Bertz CT molecular complexity index is 343. The third-order valence-electron chi connectivity index (χ3n) is 6.19. The van der Waals surface area contributed by atoms with Gasteiger partial charge in [-0.25, -0.2) is 4.79 Å². The van der Waals surface area contributed by atoms with Crippen molar-refractivity contribution in [3.63, 3.8) is 0 Å². The van der Waals surface area contributed by atoms with Gasteiger partial charge in [0.05, 0.1) is 13.2 Å². The predicted octanol–water partition coefficient (Wildman–Crippen LogP) is 10.2. The Morgan fingerprint density at radius 2 is 0.613 bits per heavy atom. The minimum absolute atomic E-state index is 0.480. The molecule has 0 atom stereocenters. The standard InChI is InChI=1S/C28H56O3/c1-3-5-7-9-11-12-13-14-15-16-17-18-19-21-23-25-27-31-28(29)30-26-24-22-20-10-8-6-4-2/h3-27H2,1-2H3. The highest BCUT2D eigenvalue weighted by Crippen LogP contribution is 2.14. The van der Waals surface area contributed by atoms with Crippen molar-refractivity contribution in [1.29, 1.82) is 0 Å². The Balaban J connectivity index is 3.11. The van der Waals surface area contributed by atoms with Gasteiger partial charge in [-0.3, -0.25) is 0 Å². The van der Waals surface area contributed by atoms with Gasteiger partial charge in [-0.1, -0.05) is 149 Å². The van der Waals surface area contributed by atoms with Crippen LogP contribution in [0.4, 0.5) is 4.79 Å². The highest BCUT2D eigenvalue weighted by molar-refractivity contribution is 5.59. The van der Waals surface area contributed by atoms with Gasteiger partial charge in [0.1, 0.15) is 0 Å². The molecule has 0 saturated carbocycles. The zero-order chi connectivity index (χ0) is 22.7. The van der Waals surface area contributed by atoms with Crippen LogP contribution in [0, 0.1) is 0 Å². The third kappa shape index (κ3) is 27.2. The number of ether oxygens (including phenoxy) is 2. The topological polar surface area (TPSA) is 35.5 Å². The summed E-state index contributed by atoms with van der Waals surface area (Å²) in [5.41, 5.74) is 0. The van der Waals surface area contributed by atoms with Crippen LogP contribution in [0.5, 0.6) is 0 Å². The average molecular weight is 441 g/mol. The number of unbranched alkanes of at least 4 members (excludes halogenated alkanes) is 21. The van der Waals surface area contributed by atoms with E-state index in [0.29, 0.717) is 13.2 Å². The summed E-state index contributed by atoms with van der Waals surface area (Å²) in [6, 6.07) is 0. The largest absolute Gasteiger partial charge is 0.508 e. The minimum atomic E-state index is -0.480. The summed E-state index contributed by atoms with van der Waals surface area (Å²) >= 11 is 0. The highest BCUT2D eigenvalue weighted by Gasteiger charge is 2.03. The fourth-order valence-corrected chi connectivity index (χ4v) is 4.06. The predicted molar refractivity (Wildman–Crippen MR) is 135 cm³/mol. The van der Waals surface area contributed by atoms with Crippen LogP contribution in [-0.4, -0.2) is 19.4 Å². The van der Waals surface area contributed by atoms with E-state index in [1.807, 2.05) is 0 Å². The quantitative estimate of drug-likeness (QED) is 0.105. The van der Waals surface area contributed by atoms with E-state index in [-0.39, 0.29) is 0 Å². The zero-order valence-electron chi connectivity index (χ0n) is 21.4. The molecular formula is C28H56O3. The summed E-state index contributed by atoms with van der Waals surface area (Å²) in [6.45, 7) is 5.53. The Hall–Kier alpha value is -0.730. The molecule has 186 valence electrons. The van der Waals surface area contributed by atoms with E-state index in [1.54, 1.807) is 0 Å². The summed E-state index contributed by atoms with van der Waals surface area (Å²) in [7, 11) is 0. The Morgan fingerprint density at radius 3 is 0.871 bits per heavy atom. The lowest BCUT2D eigenvalue weighted by atomic mass is 10.0. The number of carbonyl (C=O) groups excluding carboxylic acids is 1. The first-order valence-electron chi connectivity index (χ1n) is 14.1. The summed E-state index contributed by atoms with van der Waals surface area (Å²) in [4.78, 5) is 11.5. The maximum atomic E-state index is 11.5. The molecule has 0 N–H and O–H groups in total. The molecule has 0 aliphatic heterocycles. The van der Waals surface area contributed by atoms with Crippen molar-refractivity contribution < 1.29 is 14.3 Å². The molecule has 0 heterocycles. The number of carbonyl (C=O) groups is 1. The van der Waals surface area contributed by atoms with Crippen LogP contribution < -0.4 is 0 Å². The van der Waals surface area contributed by atoms with Crippen LogP contribution in [0.15, 0.2) is 0 Å². The fourth-order valence-electron chi connectivity index (χ4n) is 4.06. The van der Waals surface area contributed by atoms with Crippen molar-refractivity contribution in [2.75, 3.05) is 13.2 Å². The van der Waals surface area contributed by atoms with Crippen LogP contribution in [0.2, 0.25) is 0 Å². The average Bonchev–Trinajstić information content (AvgIpc) is 2.77. The maximum absolute atomic E-state index is 11.5. The van der Waals surface area contributed by atoms with E-state index < -0.39 is 6.16 Å². The van der Waals surface area contributed by atoms with Crippen molar-refractivity contribution in [3.8, 4) is 0 Å². The molecule has 0 spiro atoms. The molecule has 0 aliphatic carbocycles. The number of hydrogen-bond acceptors (Lipinski definition) is 3.